The number of esters is 1. The Morgan fingerprint density at radius 3 is 2.33 bits per heavy atom. The fourth-order valence-corrected chi connectivity index (χ4v) is 5.74. The number of anilines is 1. The lowest BCUT2D eigenvalue weighted by molar-refractivity contribution is -0.257. The summed E-state index contributed by atoms with van der Waals surface area (Å²) in [6, 6.07) is 23.6. The van der Waals surface area contributed by atoms with Crippen molar-refractivity contribution in [3.63, 3.8) is 0 Å². The molecule has 0 aliphatic carbocycles. The summed E-state index contributed by atoms with van der Waals surface area (Å²) in [7, 11) is 0. The first-order valence-corrected chi connectivity index (χ1v) is 15.6. The van der Waals surface area contributed by atoms with Crippen LogP contribution in [0.15, 0.2) is 91.1 Å². The first-order chi connectivity index (χ1) is 22.8. The molecule has 0 aliphatic heterocycles. The number of aromatic nitrogens is 2. The summed E-state index contributed by atoms with van der Waals surface area (Å²) in [5, 5.41) is 18.7. The lowest BCUT2D eigenvalue weighted by atomic mass is 10.0. The van der Waals surface area contributed by atoms with Crippen LogP contribution >= 0.6 is 23.2 Å². The van der Waals surface area contributed by atoms with Crippen molar-refractivity contribution >= 4 is 51.7 Å². The first-order valence-electron chi connectivity index (χ1n) is 14.9. The molecule has 2 N–H and O–H groups in total. The van der Waals surface area contributed by atoms with E-state index in [9.17, 15) is 27.9 Å². The maximum absolute atomic E-state index is 14.5. The van der Waals surface area contributed by atoms with Crippen LogP contribution in [0.3, 0.4) is 0 Å². The number of hydrogen-bond acceptors (Lipinski definition) is 6. The quantitative estimate of drug-likeness (QED) is 0.136. The summed E-state index contributed by atoms with van der Waals surface area (Å²) in [4.78, 5) is 26.9. The van der Waals surface area contributed by atoms with Gasteiger partial charge in [-0.2, -0.15) is 18.3 Å². The molecule has 13 heteroatoms. The van der Waals surface area contributed by atoms with Crippen molar-refractivity contribution in [3.8, 4) is 5.69 Å². The van der Waals surface area contributed by atoms with Crippen LogP contribution in [0.2, 0.25) is 10.0 Å². The Morgan fingerprint density at radius 1 is 0.979 bits per heavy atom. The largest absolute Gasteiger partial charge is 0.457 e. The monoisotopic (exact) mass is 698 g/mol. The molecule has 1 unspecified atom stereocenters. The number of nitrogens with zero attached hydrogens (tertiary/aromatic N) is 3. The second-order valence-electron chi connectivity index (χ2n) is 11.2. The number of aryl methyl sites for hydroxylation is 1. The standard InChI is InChI=1S/C35H31Cl2F3N4O4/c1-3-43(32(45)31-27(36)13-8-14-28(31)37)21-34(47,35(38,39)40)20-41-29-15-22(2)16-30-26(29)18-42-44(30)25-12-7-11-24(17-25)33(46)48-19-23-9-5-4-6-10-23/h4-18,41,47H,3,19-21H2,1-2H3. The minimum Gasteiger partial charge on any atom is -0.457 e. The number of benzene rings is 4. The number of carbonyl (C=O) groups is 2. The summed E-state index contributed by atoms with van der Waals surface area (Å²) < 4.78 is 50.4. The number of amides is 1. The van der Waals surface area contributed by atoms with Gasteiger partial charge in [-0.25, -0.2) is 9.48 Å². The molecule has 0 saturated heterocycles. The number of nitrogens with one attached hydrogen (secondary N) is 1. The Balaban J connectivity index is 1.39. The number of halogens is 5. The molecule has 0 saturated carbocycles. The molecular weight excluding hydrogens is 668 g/mol. The number of carbonyl (C=O) groups excluding carboxylic acids is 2. The van der Waals surface area contributed by atoms with E-state index < -0.39 is 36.7 Å². The zero-order valence-corrected chi connectivity index (χ0v) is 27.4. The molecule has 8 nitrogen and oxygen atoms in total. The number of likely N-dealkylation sites (N-methyl/N-ethyl adjacent to an activating group) is 1. The fraction of sp³-hybridized carbons (Fsp3) is 0.229. The van der Waals surface area contributed by atoms with Crippen molar-refractivity contribution in [2.75, 3.05) is 25.0 Å². The van der Waals surface area contributed by atoms with E-state index in [0.29, 0.717) is 27.7 Å². The molecule has 0 bridgehead atoms. The molecule has 0 fully saturated rings. The molecule has 5 rings (SSSR count). The van der Waals surface area contributed by atoms with E-state index in [1.165, 1.54) is 31.3 Å². The third kappa shape index (κ3) is 7.43. The van der Waals surface area contributed by atoms with Gasteiger partial charge in [-0.15, -0.1) is 0 Å². The normalized spacial score (nSPS) is 12.8. The highest BCUT2D eigenvalue weighted by Gasteiger charge is 2.55. The average Bonchev–Trinajstić information content (AvgIpc) is 3.48. The molecule has 1 atom stereocenters. The van der Waals surface area contributed by atoms with Gasteiger partial charge in [0.15, 0.2) is 5.60 Å². The van der Waals surface area contributed by atoms with Crippen LogP contribution in [0.5, 0.6) is 0 Å². The number of fused-ring (bicyclic) bond motifs is 1. The zero-order valence-electron chi connectivity index (χ0n) is 25.9. The van der Waals surface area contributed by atoms with Crippen LogP contribution in [0, 0.1) is 6.92 Å². The molecule has 5 aromatic rings. The van der Waals surface area contributed by atoms with E-state index in [1.807, 2.05) is 30.3 Å². The Bertz CT molecular complexity index is 1930. The number of alkyl halides is 3. The van der Waals surface area contributed by atoms with Gasteiger partial charge >= 0.3 is 12.1 Å². The highest BCUT2D eigenvalue weighted by molar-refractivity contribution is 6.39. The van der Waals surface area contributed by atoms with Crippen molar-refractivity contribution in [1.82, 2.24) is 14.7 Å². The predicted molar refractivity (Wildman–Crippen MR) is 179 cm³/mol. The van der Waals surface area contributed by atoms with Crippen LogP contribution < -0.4 is 5.32 Å². The van der Waals surface area contributed by atoms with E-state index in [-0.39, 0.29) is 34.4 Å². The molecule has 250 valence electrons. The maximum atomic E-state index is 14.5. The number of hydrogen-bond donors (Lipinski definition) is 2. The summed E-state index contributed by atoms with van der Waals surface area (Å²) >= 11 is 12.3. The Kier molecular flexibility index (Phi) is 10.3. The van der Waals surface area contributed by atoms with Gasteiger partial charge in [-0.05, 0) is 67.4 Å². The van der Waals surface area contributed by atoms with Crippen LogP contribution in [0.25, 0.3) is 16.6 Å². The molecule has 1 aromatic heterocycles. The van der Waals surface area contributed by atoms with Gasteiger partial charge in [0.25, 0.3) is 5.91 Å². The molecule has 1 heterocycles. The van der Waals surface area contributed by atoms with Crippen molar-refractivity contribution in [3.05, 3.63) is 123 Å². The molecule has 1 amide bonds. The van der Waals surface area contributed by atoms with Gasteiger partial charge in [0, 0.05) is 17.6 Å². The lowest BCUT2D eigenvalue weighted by Gasteiger charge is -2.36. The van der Waals surface area contributed by atoms with E-state index in [4.69, 9.17) is 27.9 Å². The van der Waals surface area contributed by atoms with Gasteiger partial charge in [0.05, 0.1) is 51.7 Å². The lowest BCUT2D eigenvalue weighted by Crippen LogP contribution is -2.58. The first kappa shape index (κ1) is 34.7. The van der Waals surface area contributed by atoms with E-state index >= 15 is 0 Å². The van der Waals surface area contributed by atoms with Crippen molar-refractivity contribution in [2.24, 2.45) is 0 Å². The van der Waals surface area contributed by atoms with E-state index in [0.717, 1.165) is 10.5 Å². The Morgan fingerprint density at radius 2 is 1.67 bits per heavy atom. The Labute approximate surface area is 284 Å². The summed E-state index contributed by atoms with van der Waals surface area (Å²) in [5.41, 5.74) is -0.331. The van der Waals surface area contributed by atoms with Crippen molar-refractivity contribution in [2.45, 2.75) is 32.2 Å². The van der Waals surface area contributed by atoms with Crippen molar-refractivity contribution < 1.29 is 32.6 Å². The maximum Gasteiger partial charge on any atom is 0.420 e. The number of rotatable bonds is 11. The van der Waals surface area contributed by atoms with Gasteiger partial charge in [0.1, 0.15) is 6.61 Å². The predicted octanol–water partition coefficient (Wildman–Crippen LogP) is 7.87. The second-order valence-corrected chi connectivity index (χ2v) is 12.0. The highest BCUT2D eigenvalue weighted by Crippen LogP contribution is 2.35. The van der Waals surface area contributed by atoms with Crippen LogP contribution in [-0.2, 0) is 11.3 Å². The SMILES string of the molecule is CCN(CC(O)(CNc1cc(C)cc2c1cnn2-c1cccc(C(=O)OCc2ccccc2)c1)C(F)(F)F)C(=O)c1c(Cl)cccc1Cl. The van der Waals surface area contributed by atoms with E-state index in [2.05, 4.69) is 10.4 Å². The van der Waals surface area contributed by atoms with Crippen molar-refractivity contribution in [1.29, 1.82) is 0 Å². The van der Waals surface area contributed by atoms with Gasteiger partial charge in [0.2, 0.25) is 0 Å². The topological polar surface area (TPSA) is 96.7 Å². The second kappa shape index (κ2) is 14.3. The van der Waals surface area contributed by atoms with Gasteiger partial charge in [-0.1, -0.05) is 65.7 Å². The average molecular weight is 700 g/mol. The summed E-state index contributed by atoms with van der Waals surface area (Å²) in [6.07, 6.45) is -3.65. The van der Waals surface area contributed by atoms with E-state index in [1.54, 1.807) is 48.0 Å². The number of ether oxygens (including phenoxy) is 1. The molecule has 48 heavy (non-hydrogen) atoms. The van der Waals surface area contributed by atoms with Gasteiger partial charge < -0.3 is 20.1 Å². The molecular formula is C35H31Cl2F3N4O4. The minimum atomic E-state index is -5.12. The number of aliphatic hydroxyl groups is 1. The molecule has 0 spiro atoms. The van der Waals surface area contributed by atoms with Crippen LogP contribution in [0.1, 0.15) is 38.8 Å². The summed E-state index contributed by atoms with van der Waals surface area (Å²) in [6.45, 7) is 1.14. The highest BCUT2D eigenvalue weighted by atomic mass is 35.5. The smallest absolute Gasteiger partial charge is 0.420 e. The minimum absolute atomic E-state index is 0.0200. The molecule has 0 radical (unpaired) electrons. The summed E-state index contributed by atoms with van der Waals surface area (Å²) in [5.74, 6) is -1.38. The van der Waals surface area contributed by atoms with Crippen LogP contribution in [0.4, 0.5) is 18.9 Å². The Hall–Kier alpha value is -4.58. The zero-order chi connectivity index (χ0) is 34.6. The third-order valence-electron chi connectivity index (χ3n) is 7.77. The van der Waals surface area contributed by atoms with Crippen LogP contribution in [-0.4, -0.2) is 63.1 Å². The molecule has 0 aliphatic rings. The third-order valence-corrected chi connectivity index (χ3v) is 8.40. The molecule has 4 aromatic carbocycles. The fourth-order valence-electron chi connectivity index (χ4n) is 5.18. The van der Waals surface area contributed by atoms with Gasteiger partial charge in [-0.3, -0.25) is 4.79 Å².